The van der Waals surface area contributed by atoms with Crippen LogP contribution >= 0.6 is 12.4 Å². The van der Waals surface area contributed by atoms with Gasteiger partial charge >= 0.3 is 5.97 Å². The van der Waals surface area contributed by atoms with E-state index in [1.807, 2.05) is 20.8 Å². The molecule has 1 aliphatic rings. The highest BCUT2D eigenvalue weighted by Gasteiger charge is 2.33. The maximum Gasteiger partial charge on any atom is 0.309 e. The van der Waals surface area contributed by atoms with Crippen LogP contribution in [0.25, 0.3) is 0 Å². The van der Waals surface area contributed by atoms with Crippen molar-refractivity contribution >= 4 is 18.4 Å². The molecule has 4 heteroatoms. The molecule has 0 bridgehead atoms. The lowest BCUT2D eigenvalue weighted by atomic mass is 9.79. The summed E-state index contributed by atoms with van der Waals surface area (Å²) in [5.74, 6) is 0.300. The van der Waals surface area contributed by atoms with Gasteiger partial charge < -0.3 is 10.5 Å². The van der Waals surface area contributed by atoms with Crippen molar-refractivity contribution in [3.05, 3.63) is 0 Å². The second-order valence-electron chi connectivity index (χ2n) is 5.42. The van der Waals surface area contributed by atoms with Gasteiger partial charge in [-0.05, 0) is 46.1 Å². The second-order valence-corrected chi connectivity index (χ2v) is 5.42. The summed E-state index contributed by atoms with van der Waals surface area (Å²) in [6.45, 7) is 6.32. The van der Waals surface area contributed by atoms with Gasteiger partial charge in [0.2, 0.25) is 0 Å². The predicted molar refractivity (Wildman–Crippen MR) is 67.6 cm³/mol. The molecule has 0 saturated heterocycles. The zero-order valence-electron chi connectivity index (χ0n) is 10.5. The lowest BCUT2D eigenvalue weighted by molar-refractivity contribution is -0.163. The highest BCUT2D eigenvalue weighted by atomic mass is 35.5. The van der Waals surface area contributed by atoms with Crippen LogP contribution in [0, 0.1) is 11.8 Å². The van der Waals surface area contributed by atoms with Gasteiger partial charge in [-0.15, -0.1) is 12.4 Å². The van der Waals surface area contributed by atoms with Crippen molar-refractivity contribution in [2.45, 2.75) is 52.1 Å². The Labute approximate surface area is 105 Å². The van der Waals surface area contributed by atoms with Gasteiger partial charge in [0.15, 0.2) is 0 Å². The van der Waals surface area contributed by atoms with Gasteiger partial charge in [0.05, 0.1) is 5.92 Å². The number of hydrogen-bond donors (Lipinski definition) is 1. The van der Waals surface area contributed by atoms with Crippen LogP contribution in [0.1, 0.15) is 46.5 Å². The molecule has 2 atom stereocenters. The van der Waals surface area contributed by atoms with Gasteiger partial charge in [-0.3, -0.25) is 4.79 Å². The number of rotatable bonds is 2. The number of esters is 1. The Bertz CT molecular complexity index is 226. The van der Waals surface area contributed by atoms with Crippen LogP contribution in [0.5, 0.6) is 0 Å². The molecule has 0 aromatic carbocycles. The maximum atomic E-state index is 11.9. The summed E-state index contributed by atoms with van der Waals surface area (Å²) < 4.78 is 5.41. The van der Waals surface area contributed by atoms with E-state index in [1.165, 1.54) is 6.42 Å². The van der Waals surface area contributed by atoms with E-state index < -0.39 is 0 Å². The van der Waals surface area contributed by atoms with Crippen molar-refractivity contribution < 1.29 is 9.53 Å². The minimum atomic E-state index is -0.381. The first-order valence-electron chi connectivity index (χ1n) is 5.87. The first-order valence-corrected chi connectivity index (χ1v) is 5.87. The summed E-state index contributed by atoms with van der Waals surface area (Å²) in [5, 5.41) is 0. The number of nitrogens with two attached hydrogens (primary N) is 1. The summed E-state index contributed by atoms with van der Waals surface area (Å²) >= 11 is 0. The van der Waals surface area contributed by atoms with Crippen molar-refractivity contribution in [2.75, 3.05) is 6.54 Å². The molecule has 1 rings (SSSR count). The molecule has 2 N–H and O–H groups in total. The van der Waals surface area contributed by atoms with Crippen molar-refractivity contribution in [2.24, 2.45) is 17.6 Å². The molecule has 0 radical (unpaired) electrons. The molecule has 0 spiro atoms. The van der Waals surface area contributed by atoms with E-state index in [2.05, 4.69) is 0 Å². The van der Waals surface area contributed by atoms with Crippen LogP contribution in [0.3, 0.4) is 0 Å². The van der Waals surface area contributed by atoms with E-state index in [-0.39, 0.29) is 29.9 Å². The summed E-state index contributed by atoms with van der Waals surface area (Å²) in [4.78, 5) is 11.9. The van der Waals surface area contributed by atoms with Crippen LogP contribution in [0.4, 0.5) is 0 Å². The van der Waals surface area contributed by atoms with Crippen molar-refractivity contribution in [3.8, 4) is 0 Å². The molecule has 0 aliphatic heterocycles. The lowest BCUT2D eigenvalue weighted by Crippen LogP contribution is -2.37. The normalized spacial score (nSPS) is 25.8. The van der Waals surface area contributed by atoms with Crippen molar-refractivity contribution in [3.63, 3.8) is 0 Å². The van der Waals surface area contributed by atoms with E-state index in [0.717, 1.165) is 19.3 Å². The average Bonchev–Trinajstić information content (AvgIpc) is 2.15. The molecule has 16 heavy (non-hydrogen) atoms. The van der Waals surface area contributed by atoms with Crippen LogP contribution in [-0.2, 0) is 9.53 Å². The molecule has 1 aliphatic carbocycles. The SMILES string of the molecule is CC(C)(C)OC(=O)C1CCCCC1CN.Cl. The molecular formula is C12H24ClNO2. The highest BCUT2D eigenvalue weighted by Crippen LogP contribution is 2.31. The van der Waals surface area contributed by atoms with Crippen LogP contribution < -0.4 is 5.73 Å². The molecular weight excluding hydrogens is 226 g/mol. The van der Waals surface area contributed by atoms with E-state index in [0.29, 0.717) is 12.5 Å². The number of ether oxygens (including phenoxy) is 1. The standard InChI is InChI=1S/C12H23NO2.ClH/c1-12(2,3)15-11(14)10-7-5-4-6-9(10)8-13;/h9-10H,4-8,13H2,1-3H3;1H. The number of carbonyl (C=O) groups is 1. The summed E-state index contributed by atoms with van der Waals surface area (Å²) in [5.41, 5.74) is 5.31. The molecule has 96 valence electrons. The molecule has 1 fully saturated rings. The van der Waals surface area contributed by atoms with Crippen LogP contribution in [0.15, 0.2) is 0 Å². The van der Waals surface area contributed by atoms with E-state index >= 15 is 0 Å². The quantitative estimate of drug-likeness (QED) is 0.765. The zero-order valence-corrected chi connectivity index (χ0v) is 11.3. The summed E-state index contributed by atoms with van der Waals surface area (Å²) in [7, 11) is 0. The Morgan fingerprint density at radius 1 is 1.31 bits per heavy atom. The third-order valence-electron chi connectivity index (χ3n) is 2.92. The Hall–Kier alpha value is -0.280. The number of halogens is 1. The fraction of sp³-hybridized carbons (Fsp3) is 0.917. The second kappa shape index (κ2) is 6.45. The molecule has 0 heterocycles. The van der Waals surface area contributed by atoms with Gasteiger partial charge in [-0.25, -0.2) is 0 Å². The van der Waals surface area contributed by atoms with Crippen molar-refractivity contribution in [1.29, 1.82) is 0 Å². The molecule has 2 unspecified atom stereocenters. The van der Waals surface area contributed by atoms with Crippen molar-refractivity contribution in [1.82, 2.24) is 0 Å². The first kappa shape index (κ1) is 15.7. The van der Waals surface area contributed by atoms with Gasteiger partial charge in [0.25, 0.3) is 0 Å². The molecule has 0 amide bonds. The highest BCUT2D eigenvalue weighted by molar-refractivity contribution is 5.85. The fourth-order valence-electron chi connectivity index (χ4n) is 2.18. The summed E-state index contributed by atoms with van der Waals surface area (Å²) in [6.07, 6.45) is 4.33. The first-order chi connectivity index (χ1) is 6.94. The monoisotopic (exact) mass is 249 g/mol. The zero-order chi connectivity index (χ0) is 11.5. The minimum Gasteiger partial charge on any atom is -0.460 e. The third kappa shape index (κ3) is 4.71. The molecule has 3 nitrogen and oxygen atoms in total. The molecule has 0 aromatic rings. The Kier molecular flexibility index (Phi) is 6.34. The largest absolute Gasteiger partial charge is 0.460 e. The van der Waals surface area contributed by atoms with E-state index in [9.17, 15) is 4.79 Å². The minimum absolute atomic E-state index is 0. The maximum absolute atomic E-state index is 11.9. The summed E-state index contributed by atoms with van der Waals surface area (Å²) in [6, 6.07) is 0. The Morgan fingerprint density at radius 2 is 1.88 bits per heavy atom. The Balaban J connectivity index is 0.00000225. The average molecular weight is 250 g/mol. The van der Waals surface area contributed by atoms with Crippen LogP contribution in [-0.4, -0.2) is 18.1 Å². The number of carbonyl (C=O) groups excluding carboxylic acids is 1. The molecule has 0 aromatic heterocycles. The fourth-order valence-corrected chi connectivity index (χ4v) is 2.18. The smallest absolute Gasteiger partial charge is 0.309 e. The van der Waals surface area contributed by atoms with E-state index in [1.54, 1.807) is 0 Å². The van der Waals surface area contributed by atoms with Gasteiger partial charge in [0.1, 0.15) is 5.60 Å². The third-order valence-corrected chi connectivity index (χ3v) is 2.92. The number of hydrogen-bond acceptors (Lipinski definition) is 3. The van der Waals surface area contributed by atoms with Gasteiger partial charge in [-0.2, -0.15) is 0 Å². The van der Waals surface area contributed by atoms with E-state index in [4.69, 9.17) is 10.5 Å². The van der Waals surface area contributed by atoms with Crippen LogP contribution in [0.2, 0.25) is 0 Å². The molecule has 1 saturated carbocycles. The lowest BCUT2D eigenvalue weighted by Gasteiger charge is -2.31. The Morgan fingerprint density at radius 3 is 2.38 bits per heavy atom. The van der Waals surface area contributed by atoms with Gasteiger partial charge in [-0.1, -0.05) is 12.8 Å². The van der Waals surface area contributed by atoms with Gasteiger partial charge in [0, 0.05) is 0 Å². The predicted octanol–water partition coefficient (Wildman–Crippen LogP) is 2.52. The topological polar surface area (TPSA) is 52.3 Å².